The SMILES string of the molecule is Cc1c(C)c2ccccc2[n+](N)c1C. The van der Waals surface area contributed by atoms with E-state index >= 15 is 0 Å². The minimum absolute atomic E-state index is 1.09. The van der Waals surface area contributed by atoms with E-state index < -0.39 is 0 Å². The van der Waals surface area contributed by atoms with Crippen molar-refractivity contribution < 1.29 is 4.68 Å². The number of nitrogens with zero attached hydrogens (tertiary/aromatic N) is 1. The molecule has 1 heterocycles. The molecule has 0 spiro atoms. The van der Waals surface area contributed by atoms with Crippen molar-refractivity contribution in [2.45, 2.75) is 20.8 Å². The van der Waals surface area contributed by atoms with Gasteiger partial charge in [-0.3, -0.25) is 0 Å². The molecule has 0 unspecified atom stereocenters. The van der Waals surface area contributed by atoms with E-state index in [1.807, 2.05) is 12.1 Å². The second-order valence-electron chi connectivity index (χ2n) is 3.72. The van der Waals surface area contributed by atoms with Crippen molar-refractivity contribution in [3.63, 3.8) is 0 Å². The number of hydrogen-bond acceptors (Lipinski definition) is 1. The Morgan fingerprint density at radius 1 is 1.00 bits per heavy atom. The Labute approximate surface area is 83.9 Å². The maximum absolute atomic E-state index is 6.00. The Hall–Kier alpha value is -1.57. The highest BCUT2D eigenvalue weighted by Gasteiger charge is 2.15. The van der Waals surface area contributed by atoms with Crippen molar-refractivity contribution in [2.75, 3.05) is 5.84 Å². The summed E-state index contributed by atoms with van der Waals surface area (Å²) >= 11 is 0. The predicted octanol–water partition coefficient (Wildman–Crippen LogP) is 1.77. The van der Waals surface area contributed by atoms with Gasteiger partial charge in [0.15, 0.2) is 0 Å². The average molecular weight is 187 g/mol. The molecule has 14 heavy (non-hydrogen) atoms. The number of nitrogen functional groups attached to an aromatic ring is 1. The number of hydrogen-bond donors (Lipinski definition) is 1. The van der Waals surface area contributed by atoms with E-state index in [4.69, 9.17) is 5.84 Å². The van der Waals surface area contributed by atoms with Crippen LogP contribution in [0.2, 0.25) is 0 Å². The fourth-order valence-electron chi connectivity index (χ4n) is 1.84. The molecular formula is C12H15N2+. The minimum Gasteiger partial charge on any atom is -0.205 e. The summed E-state index contributed by atoms with van der Waals surface area (Å²) in [5.41, 5.74) is 4.81. The zero-order valence-electron chi connectivity index (χ0n) is 8.83. The monoisotopic (exact) mass is 187 g/mol. The lowest BCUT2D eigenvalue weighted by Crippen LogP contribution is -2.48. The van der Waals surface area contributed by atoms with Crippen LogP contribution in [0.3, 0.4) is 0 Å². The third-order valence-corrected chi connectivity index (χ3v) is 3.03. The molecule has 2 heteroatoms. The van der Waals surface area contributed by atoms with Gasteiger partial charge in [0.25, 0.3) is 0 Å². The number of aromatic nitrogens is 1. The van der Waals surface area contributed by atoms with Gasteiger partial charge in [0.05, 0.1) is 5.39 Å². The lowest BCUT2D eigenvalue weighted by atomic mass is 10.0. The van der Waals surface area contributed by atoms with Crippen LogP contribution in [0.5, 0.6) is 0 Å². The number of pyridine rings is 1. The van der Waals surface area contributed by atoms with Crippen molar-refractivity contribution in [3.8, 4) is 0 Å². The lowest BCUT2D eigenvalue weighted by molar-refractivity contribution is -0.618. The molecule has 2 rings (SSSR count). The maximum atomic E-state index is 6.00. The van der Waals surface area contributed by atoms with Crippen molar-refractivity contribution in [1.29, 1.82) is 0 Å². The molecule has 72 valence electrons. The van der Waals surface area contributed by atoms with E-state index in [9.17, 15) is 0 Å². The van der Waals surface area contributed by atoms with Gasteiger partial charge in [-0.1, -0.05) is 16.8 Å². The quantitative estimate of drug-likeness (QED) is 0.494. The van der Waals surface area contributed by atoms with Gasteiger partial charge in [-0.05, 0) is 25.5 Å². The van der Waals surface area contributed by atoms with Crippen LogP contribution in [0.15, 0.2) is 24.3 Å². The lowest BCUT2D eigenvalue weighted by Gasteiger charge is -2.06. The molecule has 0 atom stereocenters. The second kappa shape index (κ2) is 2.98. The Morgan fingerprint density at radius 3 is 2.36 bits per heavy atom. The van der Waals surface area contributed by atoms with Gasteiger partial charge in [0.2, 0.25) is 11.2 Å². The molecule has 0 saturated carbocycles. The van der Waals surface area contributed by atoms with E-state index in [-0.39, 0.29) is 0 Å². The molecule has 0 aliphatic rings. The average Bonchev–Trinajstić information content (AvgIpc) is 2.23. The fraction of sp³-hybridized carbons (Fsp3) is 0.250. The first kappa shape index (κ1) is 9.00. The molecule has 0 radical (unpaired) electrons. The maximum Gasteiger partial charge on any atom is 0.242 e. The van der Waals surface area contributed by atoms with Gasteiger partial charge in [-0.25, -0.2) is 5.84 Å². The predicted molar refractivity (Wildman–Crippen MR) is 58.5 cm³/mol. The molecule has 0 amide bonds. The van der Waals surface area contributed by atoms with Gasteiger partial charge >= 0.3 is 0 Å². The number of fused-ring (bicyclic) bond motifs is 1. The summed E-state index contributed by atoms with van der Waals surface area (Å²) < 4.78 is 1.76. The molecule has 1 aromatic carbocycles. The van der Waals surface area contributed by atoms with Gasteiger partial charge in [-0.15, -0.1) is 0 Å². The zero-order valence-corrected chi connectivity index (χ0v) is 8.83. The number of nitrogens with two attached hydrogens (primary N) is 1. The number of rotatable bonds is 0. The van der Waals surface area contributed by atoms with Crippen LogP contribution in [-0.2, 0) is 0 Å². The highest BCUT2D eigenvalue weighted by Crippen LogP contribution is 2.19. The van der Waals surface area contributed by atoms with E-state index in [1.54, 1.807) is 4.68 Å². The second-order valence-corrected chi connectivity index (χ2v) is 3.72. The summed E-state index contributed by atoms with van der Waals surface area (Å²) in [4.78, 5) is 0. The van der Waals surface area contributed by atoms with Crippen molar-refractivity contribution in [3.05, 3.63) is 41.1 Å². The first-order valence-electron chi connectivity index (χ1n) is 4.78. The Morgan fingerprint density at radius 2 is 1.64 bits per heavy atom. The van der Waals surface area contributed by atoms with E-state index in [2.05, 4.69) is 32.9 Å². The normalized spacial score (nSPS) is 10.8. The molecule has 1 aromatic heterocycles. The summed E-state index contributed by atoms with van der Waals surface area (Å²) in [5.74, 6) is 6.00. The highest BCUT2D eigenvalue weighted by molar-refractivity contribution is 5.80. The van der Waals surface area contributed by atoms with Crippen LogP contribution in [0, 0.1) is 20.8 Å². The number of para-hydroxylation sites is 1. The first-order chi connectivity index (χ1) is 6.63. The van der Waals surface area contributed by atoms with Crippen LogP contribution in [-0.4, -0.2) is 0 Å². The smallest absolute Gasteiger partial charge is 0.205 e. The van der Waals surface area contributed by atoms with Crippen molar-refractivity contribution in [1.82, 2.24) is 0 Å². The van der Waals surface area contributed by atoms with Crippen LogP contribution in [0.1, 0.15) is 16.8 Å². The first-order valence-corrected chi connectivity index (χ1v) is 4.78. The van der Waals surface area contributed by atoms with E-state index in [1.165, 1.54) is 16.5 Å². The number of aryl methyl sites for hydroxylation is 1. The van der Waals surface area contributed by atoms with Gasteiger partial charge in [0.1, 0.15) is 0 Å². The summed E-state index contributed by atoms with van der Waals surface area (Å²) in [6, 6.07) is 8.22. The molecule has 0 fully saturated rings. The van der Waals surface area contributed by atoms with Crippen molar-refractivity contribution >= 4 is 10.9 Å². The molecule has 2 aromatic rings. The fourth-order valence-corrected chi connectivity index (χ4v) is 1.84. The summed E-state index contributed by atoms with van der Waals surface area (Å²) in [5, 5.41) is 1.23. The molecule has 0 bridgehead atoms. The van der Waals surface area contributed by atoms with Crippen LogP contribution in [0.4, 0.5) is 0 Å². The molecule has 2 N–H and O–H groups in total. The van der Waals surface area contributed by atoms with Crippen molar-refractivity contribution in [2.24, 2.45) is 0 Å². The van der Waals surface area contributed by atoms with Crippen LogP contribution >= 0.6 is 0 Å². The van der Waals surface area contributed by atoms with E-state index in [0.29, 0.717) is 0 Å². The summed E-state index contributed by atoms with van der Waals surface area (Å²) in [6.07, 6.45) is 0. The van der Waals surface area contributed by atoms with E-state index in [0.717, 1.165) is 11.2 Å². The largest absolute Gasteiger partial charge is 0.242 e. The Balaban J connectivity index is 3.02. The van der Waals surface area contributed by atoms with Gasteiger partial charge in [-0.2, -0.15) is 0 Å². The highest BCUT2D eigenvalue weighted by atomic mass is 15.3. The van der Waals surface area contributed by atoms with Crippen LogP contribution < -0.4 is 10.5 Å². The topological polar surface area (TPSA) is 29.9 Å². The van der Waals surface area contributed by atoms with Gasteiger partial charge < -0.3 is 0 Å². The Kier molecular flexibility index (Phi) is 1.92. The molecule has 0 aliphatic heterocycles. The molecular weight excluding hydrogens is 172 g/mol. The third-order valence-electron chi connectivity index (χ3n) is 3.03. The van der Waals surface area contributed by atoms with Gasteiger partial charge in [0, 0.05) is 18.6 Å². The summed E-state index contributed by atoms with van der Waals surface area (Å²) in [6.45, 7) is 6.31. The molecule has 0 saturated heterocycles. The van der Waals surface area contributed by atoms with Crippen LogP contribution in [0.25, 0.3) is 10.9 Å². The minimum atomic E-state index is 1.09. The zero-order chi connectivity index (χ0) is 10.3. The molecule has 2 nitrogen and oxygen atoms in total. The number of benzene rings is 1. The standard InChI is InChI=1S/C12H15N2/c1-8-9(2)11-6-4-5-7-12(11)14(13)10(8)3/h4-7H,13H2,1-3H3/q+1. The third kappa shape index (κ3) is 1.07. The Bertz CT molecular complexity index is 455. The summed E-state index contributed by atoms with van der Waals surface area (Å²) in [7, 11) is 0. The molecule has 0 aliphatic carbocycles.